The minimum atomic E-state index is -0.797. The Hall–Kier alpha value is -6.63. The smallest absolute Gasteiger partial charge is 0.101 e. The molecule has 5 heterocycles. The standard InChI is InChI=1S/C45H29N5Si/c1-3-11-30(12-4-1)49-37-17-9-7-15-32(37)34-23-28(19-21-39(34)49)36-25-46-26-41-43(36)44-42(51-41)27-47-48-45(44)29-20-22-40-35(24-29)33-16-8-10-18-38(33)50(40)31-13-5-2-6-14-31/h1-27H,51H2. The first-order valence-corrected chi connectivity index (χ1v) is 18.7. The van der Waals surface area contributed by atoms with Crippen LogP contribution in [0, 0.1) is 0 Å². The maximum atomic E-state index is 4.88. The van der Waals surface area contributed by atoms with Crippen molar-refractivity contribution in [3.8, 4) is 44.9 Å². The van der Waals surface area contributed by atoms with Crippen molar-refractivity contribution in [2.45, 2.75) is 0 Å². The van der Waals surface area contributed by atoms with Crippen LogP contribution >= 0.6 is 0 Å². The molecule has 1 aliphatic rings. The molecule has 0 radical (unpaired) electrons. The van der Waals surface area contributed by atoms with E-state index in [-0.39, 0.29) is 0 Å². The van der Waals surface area contributed by atoms with E-state index < -0.39 is 9.52 Å². The third kappa shape index (κ3) is 4.17. The first kappa shape index (κ1) is 28.2. The fourth-order valence-electron chi connectivity index (χ4n) is 8.37. The maximum absolute atomic E-state index is 4.88. The molecule has 10 aromatic rings. The van der Waals surface area contributed by atoms with Crippen LogP contribution in [0.3, 0.4) is 0 Å². The summed E-state index contributed by atoms with van der Waals surface area (Å²) < 4.78 is 4.72. The highest BCUT2D eigenvalue weighted by Gasteiger charge is 2.28. The average Bonchev–Trinajstić information content (AvgIpc) is 3.86. The first-order chi connectivity index (χ1) is 25.3. The van der Waals surface area contributed by atoms with Crippen molar-refractivity contribution in [3.63, 3.8) is 0 Å². The summed E-state index contributed by atoms with van der Waals surface area (Å²) in [6.45, 7) is 0. The molecule has 1 aliphatic heterocycles. The van der Waals surface area contributed by atoms with Crippen LogP contribution in [-0.2, 0) is 0 Å². The summed E-state index contributed by atoms with van der Waals surface area (Å²) in [5.74, 6) is 0. The highest BCUT2D eigenvalue weighted by molar-refractivity contribution is 6.74. The lowest BCUT2D eigenvalue weighted by atomic mass is 9.93. The maximum Gasteiger partial charge on any atom is 0.101 e. The molecular weight excluding hydrogens is 639 g/mol. The molecule has 5 nitrogen and oxygen atoms in total. The van der Waals surface area contributed by atoms with Crippen LogP contribution in [0.5, 0.6) is 0 Å². The monoisotopic (exact) mass is 667 g/mol. The van der Waals surface area contributed by atoms with Gasteiger partial charge in [0, 0.05) is 68.2 Å². The zero-order valence-electron chi connectivity index (χ0n) is 27.5. The van der Waals surface area contributed by atoms with Crippen LogP contribution in [0.15, 0.2) is 164 Å². The zero-order chi connectivity index (χ0) is 33.5. The van der Waals surface area contributed by atoms with Crippen molar-refractivity contribution in [2.75, 3.05) is 0 Å². The van der Waals surface area contributed by atoms with E-state index in [2.05, 4.69) is 166 Å². The van der Waals surface area contributed by atoms with Gasteiger partial charge in [0.15, 0.2) is 0 Å². The van der Waals surface area contributed by atoms with Crippen molar-refractivity contribution in [1.29, 1.82) is 0 Å². The number of hydrogen-bond acceptors (Lipinski definition) is 3. The van der Waals surface area contributed by atoms with Gasteiger partial charge in [-0.15, -0.1) is 5.10 Å². The van der Waals surface area contributed by atoms with Gasteiger partial charge in [-0.3, -0.25) is 4.98 Å². The number of fused-ring (bicyclic) bond motifs is 9. The lowest BCUT2D eigenvalue weighted by molar-refractivity contribution is 1.05. The third-order valence-corrected chi connectivity index (χ3v) is 12.4. The van der Waals surface area contributed by atoms with Crippen LogP contribution in [0.2, 0.25) is 0 Å². The van der Waals surface area contributed by atoms with Crippen molar-refractivity contribution >= 4 is 63.5 Å². The first-order valence-electron chi connectivity index (χ1n) is 17.3. The minimum Gasteiger partial charge on any atom is -0.309 e. The molecule has 0 bridgehead atoms. The van der Waals surface area contributed by atoms with Gasteiger partial charge in [0.05, 0.1) is 31.6 Å². The highest BCUT2D eigenvalue weighted by atomic mass is 28.2. The van der Waals surface area contributed by atoms with E-state index in [1.807, 2.05) is 12.4 Å². The molecule has 4 aromatic heterocycles. The van der Waals surface area contributed by atoms with Crippen molar-refractivity contribution in [2.24, 2.45) is 0 Å². The molecule has 51 heavy (non-hydrogen) atoms. The summed E-state index contributed by atoms with van der Waals surface area (Å²) in [6, 6.07) is 52.2. The molecule has 0 aliphatic carbocycles. The molecule has 0 N–H and O–H groups in total. The fraction of sp³-hybridized carbons (Fsp3) is 0. The number of benzene rings is 6. The van der Waals surface area contributed by atoms with Gasteiger partial charge in [0.1, 0.15) is 5.69 Å². The van der Waals surface area contributed by atoms with E-state index in [0.29, 0.717) is 0 Å². The molecule has 0 amide bonds. The van der Waals surface area contributed by atoms with Gasteiger partial charge in [-0.2, -0.15) is 5.10 Å². The van der Waals surface area contributed by atoms with Gasteiger partial charge in [-0.25, -0.2) is 0 Å². The lowest BCUT2D eigenvalue weighted by Gasteiger charge is -2.14. The van der Waals surface area contributed by atoms with Gasteiger partial charge in [0.25, 0.3) is 0 Å². The second kappa shape index (κ2) is 10.9. The summed E-state index contributed by atoms with van der Waals surface area (Å²) in [4.78, 5) is 4.81. The van der Waals surface area contributed by atoms with Crippen LogP contribution in [0.4, 0.5) is 0 Å². The molecular formula is C45H29N5Si. The Morgan fingerprint density at radius 2 is 0.961 bits per heavy atom. The Labute approximate surface area is 295 Å². The van der Waals surface area contributed by atoms with Crippen molar-refractivity contribution in [1.82, 2.24) is 24.3 Å². The van der Waals surface area contributed by atoms with Crippen LogP contribution in [0.1, 0.15) is 0 Å². The molecule has 6 aromatic carbocycles. The Morgan fingerprint density at radius 1 is 0.431 bits per heavy atom. The van der Waals surface area contributed by atoms with Crippen LogP contribution in [0.25, 0.3) is 88.5 Å². The largest absolute Gasteiger partial charge is 0.309 e. The summed E-state index contributed by atoms with van der Waals surface area (Å²) in [5.41, 5.74) is 13.9. The molecule has 0 atom stereocenters. The Kier molecular flexibility index (Phi) is 6.05. The molecule has 238 valence electrons. The average molecular weight is 668 g/mol. The predicted octanol–water partition coefficient (Wildman–Crippen LogP) is 8.50. The van der Waals surface area contributed by atoms with E-state index in [1.54, 1.807) is 0 Å². The summed E-state index contributed by atoms with van der Waals surface area (Å²) >= 11 is 0. The minimum absolute atomic E-state index is 0.797. The number of nitrogens with zero attached hydrogens (tertiary/aromatic N) is 5. The SMILES string of the molecule is c1ccc(-n2c3ccccc3c3cc(-c4cncc5c4-c4c(cnnc4-c4ccc6c(c4)c4ccccc4n6-c4ccccc4)[SiH2]5)ccc32)cc1. The predicted molar refractivity (Wildman–Crippen MR) is 213 cm³/mol. The number of aromatic nitrogens is 5. The van der Waals surface area contributed by atoms with Crippen molar-refractivity contribution < 1.29 is 0 Å². The molecule has 11 rings (SSSR count). The third-order valence-electron chi connectivity index (χ3n) is 10.5. The molecule has 0 saturated heterocycles. The van der Waals surface area contributed by atoms with E-state index in [0.717, 1.165) is 33.8 Å². The van der Waals surface area contributed by atoms with Gasteiger partial charge >= 0.3 is 0 Å². The van der Waals surface area contributed by atoms with E-state index in [1.165, 1.54) is 65.1 Å². The fourth-order valence-corrected chi connectivity index (χ4v) is 10.2. The van der Waals surface area contributed by atoms with Gasteiger partial charge in [0.2, 0.25) is 0 Å². The zero-order valence-corrected chi connectivity index (χ0v) is 28.9. The number of rotatable bonds is 4. The molecule has 0 fully saturated rings. The second-order valence-electron chi connectivity index (χ2n) is 13.3. The van der Waals surface area contributed by atoms with Gasteiger partial charge < -0.3 is 9.13 Å². The summed E-state index contributed by atoms with van der Waals surface area (Å²) in [7, 11) is -0.797. The Balaban J connectivity index is 1.11. The normalized spacial score (nSPS) is 12.7. The second-order valence-corrected chi connectivity index (χ2v) is 15.2. The molecule has 0 saturated carbocycles. The van der Waals surface area contributed by atoms with Gasteiger partial charge in [-0.05, 0) is 82.2 Å². The van der Waals surface area contributed by atoms with Gasteiger partial charge in [-0.1, -0.05) is 84.9 Å². The van der Waals surface area contributed by atoms with E-state index >= 15 is 0 Å². The van der Waals surface area contributed by atoms with Crippen molar-refractivity contribution in [3.05, 3.63) is 164 Å². The Bertz CT molecular complexity index is 2790. The number of para-hydroxylation sites is 4. The molecule has 0 unspecified atom stereocenters. The molecule has 6 heteroatoms. The topological polar surface area (TPSA) is 48.5 Å². The quantitative estimate of drug-likeness (QED) is 0.177. The lowest BCUT2D eigenvalue weighted by Crippen LogP contribution is -2.22. The highest BCUT2D eigenvalue weighted by Crippen LogP contribution is 2.41. The van der Waals surface area contributed by atoms with E-state index in [9.17, 15) is 0 Å². The summed E-state index contributed by atoms with van der Waals surface area (Å²) in [5, 5.41) is 17.0. The van der Waals surface area contributed by atoms with Crippen LogP contribution in [-0.4, -0.2) is 33.8 Å². The molecule has 0 spiro atoms. The van der Waals surface area contributed by atoms with Crippen LogP contribution < -0.4 is 10.4 Å². The van der Waals surface area contributed by atoms with E-state index in [4.69, 9.17) is 10.1 Å². The summed E-state index contributed by atoms with van der Waals surface area (Å²) in [6.07, 6.45) is 6.11. The Morgan fingerprint density at radius 3 is 1.61 bits per heavy atom. The number of hydrogen-bond donors (Lipinski definition) is 0. The number of pyridine rings is 1.